The fourth-order valence-electron chi connectivity index (χ4n) is 3.82. The van der Waals surface area contributed by atoms with Crippen molar-refractivity contribution in [2.75, 3.05) is 0 Å². The summed E-state index contributed by atoms with van der Waals surface area (Å²) in [6.07, 6.45) is 1.21. The normalized spacial score (nSPS) is 11.5. The quantitative estimate of drug-likeness (QED) is 0.243. The molecule has 3 heterocycles. The number of imidazole rings is 2. The van der Waals surface area contributed by atoms with Gasteiger partial charge in [-0.25, -0.2) is 10.4 Å². The molecule has 0 bridgehead atoms. The number of furan rings is 1. The third-order valence-corrected chi connectivity index (χ3v) is 5.24. The highest BCUT2D eigenvalue weighted by Crippen LogP contribution is 2.25. The molecule has 5 aromatic rings. The van der Waals surface area contributed by atoms with Crippen LogP contribution < -0.4 is 5.43 Å². The zero-order valence-electron chi connectivity index (χ0n) is 17.5. The first-order valence-corrected chi connectivity index (χ1v) is 10.1. The second-order valence-corrected chi connectivity index (χ2v) is 7.37. The minimum absolute atomic E-state index is 0.150. The number of carbonyl (C=O) groups is 1. The number of aromatic nitrogens is 3. The Morgan fingerprint density at radius 3 is 2.58 bits per heavy atom. The number of hydrazone groups is 1. The monoisotopic (exact) mass is 442 g/mol. The SMILES string of the molecule is Cc1nc2n(Cc3ccccc3)c3ccccc3n2c1C(=O)N/N=C/c1ccc([N+](=O)[O-])o1. The number of fused-ring (bicyclic) bond motifs is 3. The van der Waals surface area contributed by atoms with E-state index in [-0.39, 0.29) is 5.76 Å². The predicted octanol–water partition coefficient (Wildman–Crippen LogP) is 3.91. The first kappa shape index (κ1) is 20.2. The van der Waals surface area contributed by atoms with Gasteiger partial charge in [0, 0.05) is 0 Å². The molecule has 5 rings (SSSR count). The van der Waals surface area contributed by atoms with Crippen LogP contribution >= 0.6 is 0 Å². The number of amides is 1. The van der Waals surface area contributed by atoms with Crippen LogP contribution in [-0.2, 0) is 6.54 Å². The molecule has 1 amide bonds. The van der Waals surface area contributed by atoms with Crippen LogP contribution in [0.3, 0.4) is 0 Å². The Balaban J connectivity index is 1.51. The minimum Gasteiger partial charge on any atom is -0.400 e. The maximum atomic E-state index is 13.0. The molecular weight excluding hydrogens is 424 g/mol. The Kier molecular flexibility index (Phi) is 4.94. The Bertz CT molecular complexity index is 1530. The molecular formula is C23H18N6O4. The molecule has 0 saturated carbocycles. The molecule has 10 nitrogen and oxygen atoms in total. The number of carbonyl (C=O) groups excluding carboxylic acids is 1. The lowest BCUT2D eigenvalue weighted by molar-refractivity contribution is -0.402. The number of aryl methyl sites for hydroxylation is 1. The van der Waals surface area contributed by atoms with Gasteiger partial charge in [0.05, 0.1) is 35.6 Å². The van der Waals surface area contributed by atoms with Gasteiger partial charge in [-0.1, -0.05) is 42.5 Å². The molecule has 0 saturated heterocycles. The summed E-state index contributed by atoms with van der Waals surface area (Å²) in [5, 5.41) is 14.6. The number of nitrogens with zero attached hydrogens (tertiary/aromatic N) is 5. The largest absolute Gasteiger partial charge is 0.433 e. The van der Waals surface area contributed by atoms with Crippen LogP contribution in [0.5, 0.6) is 0 Å². The van der Waals surface area contributed by atoms with Crippen molar-refractivity contribution in [3.63, 3.8) is 0 Å². The lowest BCUT2D eigenvalue weighted by atomic mass is 10.2. The van der Waals surface area contributed by atoms with Crippen molar-refractivity contribution in [2.45, 2.75) is 13.5 Å². The second-order valence-electron chi connectivity index (χ2n) is 7.37. The summed E-state index contributed by atoms with van der Waals surface area (Å²) in [5.41, 5.74) is 6.28. The Morgan fingerprint density at radius 2 is 1.85 bits per heavy atom. The van der Waals surface area contributed by atoms with Gasteiger partial charge >= 0.3 is 5.88 Å². The number of benzene rings is 2. The summed E-state index contributed by atoms with van der Waals surface area (Å²) in [7, 11) is 0. The highest BCUT2D eigenvalue weighted by molar-refractivity contribution is 5.97. The first-order valence-electron chi connectivity index (χ1n) is 10.1. The van der Waals surface area contributed by atoms with E-state index in [2.05, 4.69) is 20.1 Å². The Labute approximate surface area is 186 Å². The highest BCUT2D eigenvalue weighted by atomic mass is 16.6. The summed E-state index contributed by atoms with van der Waals surface area (Å²) in [6, 6.07) is 20.4. The molecule has 0 spiro atoms. The predicted molar refractivity (Wildman–Crippen MR) is 121 cm³/mol. The van der Waals surface area contributed by atoms with E-state index in [1.807, 2.05) is 59.0 Å². The molecule has 0 aliphatic carbocycles. The van der Waals surface area contributed by atoms with Crippen LogP contribution in [0.15, 0.2) is 76.2 Å². The van der Waals surface area contributed by atoms with Crippen LogP contribution in [0.2, 0.25) is 0 Å². The number of hydrogen-bond acceptors (Lipinski definition) is 6. The van der Waals surface area contributed by atoms with Crippen LogP contribution in [0, 0.1) is 17.0 Å². The van der Waals surface area contributed by atoms with Crippen molar-refractivity contribution in [3.05, 3.63) is 99.6 Å². The number of para-hydroxylation sites is 2. The third-order valence-electron chi connectivity index (χ3n) is 5.24. The van der Waals surface area contributed by atoms with Gasteiger partial charge in [0.1, 0.15) is 10.6 Å². The molecule has 3 aromatic heterocycles. The molecule has 33 heavy (non-hydrogen) atoms. The van der Waals surface area contributed by atoms with Crippen molar-refractivity contribution in [3.8, 4) is 0 Å². The molecule has 1 N–H and O–H groups in total. The number of rotatable bonds is 6. The second kappa shape index (κ2) is 8.08. The topological polar surface area (TPSA) is 120 Å². The van der Waals surface area contributed by atoms with Crippen LogP contribution in [0.4, 0.5) is 5.88 Å². The van der Waals surface area contributed by atoms with Gasteiger partial charge in [-0.3, -0.25) is 19.3 Å². The Hall–Kier alpha value is -4.73. The Morgan fingerprint density at radius 1 is 1.12 bits per heavy atom. The zero-order valence-corrected chi connectivity index (χ0v) is 17.5. The van der Waals surface area contributed by atoms with E-state index in [0.717, 1.165) is 16.6 Å². The highest BCUT2D eigenvalue weighted by Gasteiger charge is 2.22. The fraction of sp³-hybridized carbons (Fsp3) is 0.0870. The number of nitrogens with one attached hydrogen (secondary N) is 1. The van der Waals surface area contributed by atoms with E-state index in [1.165, 1.54) is 18.3 Å². The van der Waals surface area contributed by atoms with Crippen molar-refractivity contribution >= 4 is 34.8 Å². The summed E-state index contributed by atoms with van der Waals surface area (Å²) in [4.78, 5) is 27.8. The minimum atomic E-state index is -0.645. The van der Waals surface area contributed by atoms with Crippen LogP contribution in [0.1, 0.15) is 27.5 Å². The van der Waals surface area contributed by atoms with Crippen molar-refractivity contribution in [1.29, 1.82) is 0 Å². The number of hydrogen-bond donors (Lipinski definition) is 1. The molecule has 0 unspecified atom stereocenters. The smallest absolute Gasteiger partial charge is 0.400 e. The van der Waals surface area contributed by atoms with E-state index >= 15 is 0 Å². The van der Waals surface area contributed by atoms with Crippen LogP contribution in [-0.4, -0.2) is 31.0 Å². The molecule has 0 atom stereocenters. The lowest BCUT2D eigenvalue weighted by Crippen LogP contribution is -2.20. The van der Waals surface area contributed by atoms with Crippen molar-refractivity contribution in [2.24, 2.45) is 5.10 Å². The van der Waals surface area contributed by atoms with Gasteiger partial charge in [0.2, 0.25) is 5.78 Å². The van der Waals surface area contributed by atoms with Gasteiger partial charge in [-0.15, -0.1) is 0 Å². The van der Waals surface area contributed by atoms with Crippen molar-refractivity contribution in [1.82, 2.24) is 19.4 Å². The summed E-state index contributed by atoms with van der Waals surface area (Å²) < 4.78 is 8.89. The van der Waals surface area contributed by atoms with Crippen LogP contribution in [0.25, 0.3) is 16.8 Å². The summed E-state index contributed by atoms with van der Waals surface area (Å²) in [5.74, 6) is -0.0628. The third kappa shape index (κ3) is 3.63. The summed E-state index contributed by atoms with van der Waals surface area (Å²) in [6.45, 7) is 2.37. The molecule has 0 fully saturated rings. The van der Waals surface area contributed by atoms with E-state index in [1.54, 1.807) is 6.92 Å². The standard InChI is InChI=1S/C23H18N6O4/c1-15-21(22(30)26-24-13-17-11-12-20(33-17)29(31)32)28-19-10-6-5-9-18(19)27(23(28)25-15)14-16-7-3-2-4-8-16/h2-13H,14H2,1H3,(H,26,30)/b24-13+. The maximum Gasteiger partial charge on any atom is 0.433 e. The first-order chi connectivity index (χ1) is 16.0. The van der Waals surface area contributed by atoms with Gasteiger partial charge in [0.25, 0.3) is 5.91 Å². The molecule has 0 aliphatic rings. The van der Waals surface area contributed by atoms with E-state index in [0.29, 0.717) is 23.7 Å². The summed E-state index contributed by atoms with van der Waals surface area (Å²) >= 11 is 0. The van der Waals surface area contributed by atoms with Gasteiger partial charge in [-0.2, -0.15) is 5.10 Å². The zero-order chi connectivity index (χ0) is 22.9. The molecule has 0 aliphatic heterocycles. The fourth-order valence-corrected chi connectivity index (χ4v) is 3.82. The van der Waals surface area contributed by atoms with Gasteiger partial charge < -0.3 is 8.98 Å². The average molecular weight is 442 g/mol. The van der Waals surface area contributed by atoms with Gasteiger partial charge in [-0.05, 0) is 30.7 Å². The van der Waals surface area contributed by atoms with E-state index in [9.17, 15) is 14.9 Å². The molecule has 0 radical (unpaired) electrons. The van der Waals surface area contributed by atoms with E-state index < -0.39 is 16.7 Å². The maximum absolute atomic E-state index is 13.0. The van der Waals surface area contributed by atoms with E-state index in [4.69, 9.17) is 4.42 Å². The molecule has 2 aromatic carbocycles. The molecule has 164 valence electrons. The number of nitro groups is 1. The molecule has 10 heteroatoms. The average Bonchev–Trinajstić information content (AvgIpc) is 3.49. The lowest BCUT2D eigenvalue weighted by Gasteiger charge is -2.05. The van der Waals surface area contributed by atoms with Gasteiger partial charge in [0.15, 0.2) is 5.76 Å². The van der Waals surface area contributed by atoms with Crippen molar-refractivity contribution < 1.29 is 14.1 Å².